The molecule has 148 valence electrons. The fourth-order valence-electron chi connectivity index (χ4n) is 2.68. The van der Waals surface area contributed by atoms with Gasteiger partial charge in [0.1, 0.15) is 18.8 Å². The SMILES string of the molecule is CNC(=O)/C(=N/OC)c1cccc(C)c1CO/N=C(\SC)c1cccc(C)c1. The van der Waals surface area contributed by atoms with Gasteiger partial charge in [-0.1, -0.05) is 52.3 Å². The minimum atomic E-state index is -0.332. The number of oxime groups is 2. The molecule has 0 aromatic heterocycles. The molecule has 0 unspecified atom stereocenters. The van der Waals surface area contributed by atoms with Crippen LogP contribution in [0, 0.1) is 13.8 Å². The number of carbonyl (C=O) groups is 1. The van der Waals surface area contributed by atoms with Crippen LogP contribution in [0.4, 0.5) is 0 Å². The lowest BCUT2D eigenvalue weighted by molar-refractivity contribution is -0.114. The molecule has 0 saturated heterocycles. The van der Waals surface area contributed by atoms with E-state index in [9.17, 15) is 4.79 Å². The summed E-state index contributed by atoms with van der Waals surface area (Å²) in [7, 11) is 2.96. The van der Waals surface area contributed by atoms with E-state index in [2.05, 4.69) is 21.7 Å². The average Bonchev–Trinajstić information content (AvgIpc) is 2.70. The number of amides is 1. The van der Waals surface area contributed by atoms with E-state index >= 15 is 0 Å². The van der Waals surface area contributed by atoms with Crippen LogP contribution in [0.5, 0.6) is 0 Å². The van der Waals surface area contributed by atoms with Crippen LogP contribution >= 0.6 is 11.8 Å². The largest absolute Gasteiger partial charge is 0.398 e. The molecule has 0 spiro atoms. The predicted octanol–water partition coefficient (Wildman–Crippen LogP) is 3.64. The summed E-state index contributed by atoms with van der Waals surface area (Å²) in [5, 5.41) is 11.6. The van der Waals surface area contributed by atoms with Crippen molar-refractivity contribution in [2.75, 3.05) is 20.4 Å². The topological polar surface area (TPSA) is 72.3 Å². The van der Waals surface area contributed by atoms with Gasteiger partial charge in [0.15, 0.2) is 5.71 Å². The van der Waals surface area contributed by atoms with Crippen molar-refractivity contribution in [3.05, 3.63) is 70.3 Å². The smallest absolute Gasteiger partial charge is 0.273 e. The van der Waals surface area contributed by atoms with Crippen molar-refractivity contribution in [1.29, 1.82) is 0 Å². The molecule has 0 saturated carbocycles. The molecule has 6 nitrogen and oxygen atoms in total. The summed E-state index contributed by atoms with van der Waals surface area (Å²) < 4.78 is 0. The maximum atomic E-state index is 12.2. The number of nitrogens with zero attached hydrogens (tertiary/aromatic N) is 2. The highest BCUT2D eigenvalue weighted by Gasteiger charge is 2.19. The Kier molecular flexibility index (Phi) is 8.07. The Morgan fingerprint density at radius 2 is 1.89 bits per heavy atom. The van der Waals surface area contributed by atoms with Gasteiger partial charge >= 0.3 is 0 Å². The Labute approximate surface area is 170 Å². The highest BCUT2D eigenvalue weighted by Crippen LogP contribution is 2.19. The summed E-state index contributed by atoms with van der Waals surface area (Å²) in [6.07, 6.45) is 1.96. The zero-order chi connectivity index (χ0) is 20.5. The molecule has 28 heavy (non-hydrogen) atoms. The van der Waals surface area contributed by atoms with Crippen molar-refractivity contribution < 1.29 is 14.5 Å². The van der Waals surface area contributed by atoms with Crippen LogP contribution in [-0.2, 0) is 21.1 Å². The third-order valence-electron chi connectivity index (χ3n) is 4.10. The zero-order valence-corrected chi connectivity index (χ0v) is 17.6. The maximum Gasteiger partial charge on any atom is 0.273 e. The summed E-state index contributed by atoms with van der Waals surface area (Å²) in [5.41, 5.74) is 4.81. The van der Waals surface area contributed by atoms with Crippen molar-refractivity contribution in [3.63, 3.8) is 0 Å². The highest BCUT2D eigenvalue weighted by molar-refractivity contribution is 8.13. The third-order valence-corrected chi connectivity index (χ3v) is 4.80. The summed E-state index contributed by atoms with van der Waals surface area (Å²) in [4.78, 5) is 22.7. The van der Waals surface area contributed by atoms with Gasteiger partial charge in [0.25, 0.3) is 5.91 Å². The molecule has 0 atom stereocenters. The zero-order valence-electron chi connectivity index (χ0n) is 16.8. The van der Waals surface area contributed by atoms with Gasteiger partial charge in [-0.05, 0) is 31.7 Å². The number of thioether (sulfide) groups is 1. The first-order chi connectivity index (χ1) is 13.5. The lowest BCUT2D eigenvalue weighted by Gasteiger charge is -2.13. The predicted molar refractivity (Wildman–Crippen MR) is 115 cm³/mol. The van der Waals surface area contributed by atoms with Crippen LogP contribution in [0.1, 0.15) is 27.8 Å². The molecule has 0 aliphatic carbocycles. The second-order valence-electron chi connectivity index (χ2n) is 6.05. The summed E-state index contributed by atoms with van der Waals surface area (Å²) in [6, 6.07) is 13.7. The average molecular weight is 400 g/mol. The Morgan fingerprint density at radius 1 is 1.14 bits per heavy atom. The van der Waals surface area contributed by atoms with E-state index in [4.69, 9.17) is 9.68 Å². The minimum absolute atomic E-state index is 0.194. The fourth-order valence-corrected chi connectivity index (χ4v) is 3.17. The van der Waals surface area contributed by atoms with Gasteiger partial charge in [-0.2, -0.15) is 0 Å². The van der Waals surface area contributed by atoms with Gasteiger partial charge in [0.05, 0.1) is 0 Å². The third kappa shape index (κ3) is 5.36. The first-order valence-corrected chi connectivity index (χ1v) is 9.97. The van der Waals surface area contributed by atoms with E-state index in [1.807, 2.05) is 56.5 Å². The summed E-state index contributed by atoms with van der Waals surface area (Å²) in [5.74, 6) is -0.332. The molecule has 0 bridgehead atoms. The second kappa shape index (κ2) is 10.5. The van der Waals surface area contributed by atoms with Crippen molar-refractivity contribution in [3.8, 4) is 0 Å². The van der Waals surface area contributed by atoms with Crippen LogP contribution in [-0.4, -0.2) is 37.1 Å². The Bertz CT molecular complexity index is 894. The molecule has 7 heteroatoms. The maximum absolute atomic E-state index is 12.2. The van der Waals surface area contributed by atoms with E-state index in [0.717, 1.165) is 27.3 Å². The molecule has 0 fully saturated rings. The van der Waals surface area contributed by atoms with Crippen LogP contribution in [0.15, 0.2) is 52.8 Å². The van der Waals surface area contributed by atoms with Crippen molar-refractivity contribution in [2.45, 2.75) is 20.5 Å². The van der Waals surface area contributed by atoms with E-state index in [-0.39, 0.29) is 18.2 Å². The van der Waals surface area contributed by atoms with E-state index < -0.39 is 0 Å². The number of carbonyl (C=O) groups excluding carboxylic acids is 1. The van der Waals surface area contributed by atoms with Gasteiger partial charge in [-0.3, -0.25) is 4.79 Å². The lowest BCUT2D eigenvalue weighted by atomic mass is 9.98. The number of hydrogen-bond acceptors (Lipinski definition) is 6. The number of likely N-dealkylation sites (N-methyl/N-ethyl adjacent to an activating group) is 1. The molecule has 0 aliphatic rings. The molecule has 1 amide bonds. The van der Waals surface area contributed by atoms with E-state index in [0.29, 0.717) is 5.56 Å². The molecule has 2 aromatic rings. The Balaban J connectivity index is 2.31. The molecular formula is C21H25N3O3S. The number of hydrogen-bond donors (Lipinski definition) is 1. The highest BCUT2D eigenvalue weighted by atomic mass is 32.2. The van der Waals surface area contributed by atoms with Gasteiger partial charge in [-0.25, -0.2) is 0 Å². The van der Waals surface area contributed by atoms with E-state index in [1.54, 1.807) is 7.05 Å². The van der Waals surface area contributed by atoms with Gasteiger partial charge in [0, 0.05) is 23.7 Å². The van der Waals surface area contributed by atoms with Crippen molar-refractivity contribution in [2.24, 2.45) is 10.3 Å². The number of rotatable bonds is 7. The fraction of sp³-hybridized carbons (Fsp3) is 0.286. The standard InChI is InChI=1S/C21H25N3O3S/c1-14-8-6-10-16(12-14)21(28-5)24-27-13-18-15(2)9-7-11-17(18)19(23-26-4)20(25)22-3/h6-12H,13H2,1-5H3,(H,22,25)/b23-19+,24-21-. The monoisotopic (exact) mass is 399 g/mol. The second-order valence-corrected chi connectivity index (χ2v) is 6.84. The van der Waals surface area contributed by atoms with Crippen LogP contribution < -0.4 is 5.32 Å². The molecule has 0 radical (unpaired) electrons. The summed E-state index contributed by atoms with van der Waals surface area (Å²) >= 11 is 1.52. The molecular weight excluding hydrogens is 374 g/mol. The lowest BCUT2D eigenvalue weighted by Crippen LogP contribution is -2.29. The van der Waals surface area contributed by atoms with Crippen LogP contribution in [0.25, 0.3) is 0 Å². The van der Waals surface area contributed by atoms with Crippen molar-refractivity contribution in [1.82, 2.24) is 5.32 Å². The molecule has 1 N–H and O–H groups in total. The van der Waals surface area contributed by atoms with Gasteiger partial charge in [-0.15, -0.1) is 11.8 Å². The molecule has 0 heterocycles. The first-order valence-electron chi connectivity index (χ1n) is 8.74. The normalized spacial score (nSPS) is 11.9. The van der Waals surface area contributed by atoms with Gasteiger partial charge < -0.3 is 15.0 Å². The van der Waals surface area contributed by atoms with Crippen LogP contribution in [0.3, 0.4) is 0 Å². The number of benzene rings is 2. The summed E-state index contributed by atoms with van der Waals surface area (Å²) in [6.45, 7) is 4.20. The van der Waals surface area contributed by atoms with Crippen molar-refractivity contribution >= 4 is 28.4 Å². The van der Waals surface area contributed by atoms with Gasteiger partial charge in [0.2, 0.25) is 0 Å². The Hall–Kier alpha value is -2.80. The van der Waals surface area contributed by atoms with E-state index in [1.165, 1.54) is 18.9 Å². The minimum Gasteiger partial charge on any atom is -0.398 e. The molecule has 0 aliphatic heterocycles. The quantitative estimate of drug-likeness (QED) is 0.438. The Morgan fingerprint density at radius 3 is 2.54 bits per heavy atom. The molecule has 2 aromatic carbocycles. The first kappa shape index (κ1) is 21.5. The molecule has 2 rings (SSSR count). The van der Waals surface area contributed by atoms with Crippen LogP contribution in [0.2, 0.25) is 0 Å². The number of aryl methyl sites for hydroxylation is 2. The number of nitrogens with one attached hydrogen (secondary N) is 1.